The predicted molar refractivity (Wildman–Crippen MR) is 125 cm³/mol. The summed E-state index contributed by atoms with van der Waals surface area (Å²) in [6, 6.07) is 14.2. The van der Waals surface area contributed by atoms with E-state index in [9.17, 15) is 18.0 Å². The summed E-state index contributed by atoms with van der Waals surface area (Å²) < 4.78 is 39.8. The molecule has 4 aromatic rings. The number of rotatable bonds is 6. The fraction of sp³-hybridized carbons (Fsp3) is 0.217. The van der Waals surface area contributed by atoms with Crippen LogP contribution in [0.3, 0.4) is 0 Å². The van der Waals surface area contributed by atoms with Crippen molar-refractivity contribution in [2.45, 2.75) is 37.2 Å². The lowest BCUT2D eigenvalue weighted by molar-refractivity contribution is -0.145. The molecule has 5 nitrogen and oxygen atoms in total. The van der Waals surface area contributed by atoms with Gasteiger partial charge in [0.05, 0.1) is 16.9 Å². The fourth-order valence-electron chi connectivity index (χ4n) is 3.33. The van der Waals surface area contributed by atoms with E-state index in [2.05, 4.69) is 15.0 Å². The number of carbonyl (C=O) groups excluding carboxylic acids is 1. The Balaban J connectivity index is 1.62. The SMILES string of the molecule is CCc1ccccc1N(C(C)=O)c1nc(CSc2nc(C(F)(F)F)nc3ccccc23)cs1. The number of fused-ring (bicyclic) bond motifs is 1. The minimum Gasteiger partial charge on any atom is -0.274 e. The van der Waals surface area contributed by atoms with Crippen LogP contribution in [0.4, 0.5) is 24.0 Å². The molecule has 0 saturated carbocycles. The van der Waals surface area contributed by atoms with Gasteiger partial charge in [-0.05, 0) is 24.1 Å². The van der Waals surface area contributed by atoms with Gasteiger partial charge in [-0.15, -0.1) is 11.3 Å². The first-order chi connectivity index (χ1) is 15.8. The average molecular weight is 489 g/mol. The van der Waals surface area contributed by atoms with Gasteiger partial charge in [-0.3, -0.25) is 9.69 Å². The number of para-hydroxylation sites is 2. The van der Waals surface area contributed by atoms with E-state index in [-0.39, 0.29) is 16.4 Å². The molecule has 0 unspecified atom stereocenters. The smallest absolute Gasteiger partial charge is 0.274 e. The number of nitrogens with zero attached hydrogens (tertiary/aromatic N) is 4. The Labute approximate surface area is 196 Å². The maximum Gasteiger partial charge on any atom is 0.451 e. The van der Waals surface area contributed by atoms with Crippen LogP contribution in [0.15, 0.2) is 58.9 Å². The molecule has 2 aromatic heterocycles. The second kappa shape index (κ2) is 9.48. The molecule has 0 N–H and O–H groups in total. The Bertz CT molecular complexity index is 1310. The van der Waals surface area contributed by atoms with Crippen LogP contribution in [0, 0.1) is 0 Å². The Morgan fingerprint density at radius 2 is 1.79 bits per heavy atom. The lowest BCUT2D eigenvalue weighted by Gasteiger charge is -2.20. The van der Waals surface area contributed by atoms with E-state index < -0.39 is 12.0 Å². The Kier molecular flexibility index (Phi) is 6.66. The summed E-state index contributed by atoms with van der Waals surface area (Å²) in [6.45, 7) is 3.50. The molecule has 0 aliphatic heterocycles. The monoisotopic (exact) mass is 488 g/mol. The summed E-state index contributed by atoms with van der Waals surface area (Å²) in [5.41, 5.74) is 2.68. The first-order valence-electron chi connectivity index (χ1n) is 10.1. The molecule has 2 heterocycles. The Morgan fingerprint density at radius 3 is 2.52 bits per heavy atom. The van der Waals surface area contributed by atoms with Gasteiger partial charge < -0.3 is 0 Å². The number of carbonyl (C=O) groups is 1. The van der Waals surface area contributed by atoms with Crippen LogP contribution < -0.4 is 4.90 Å². The van der Waals surface area contributed by atoms with Crippen LogP contribution in [-0.2, 0) is 23.1 Å². The Hall–Kier alpha value is -2.98. The number of aromatic nitrogens is 3. The highest BCUT2D eigenvalue weighted by Crippen LogP contribution is 2.35. The van der Waals surface area contributed by atoms with Gasteiger partial charge in [-0.25, -0.2) is 15.0 Å². The number of amides is 1. The van der Waals surface area contributed by atoms with E-state index >= 15 is 0 Å². The minimum atomic E-state index is -4.64. The number of thioether (sulfide) groups is 1. The third kappa shape index (κ3) is 5.01. The van der Waals surface area contributed by atoms with Crippen molar-refractivity contribution in [3.8, 4) is 0 Å². The lowest BCUT2D eigenvalue weighted by atomic mass is 10.1. The van der Waals surface area contributed by atoms with E-state index in [0.717, 1.165) is 29.4 Å². The second-order valence-corrected chi connectivity index (χ2v) is 8.91. The third-order valence-electron chi connectivity index (χ3n) is 4.84. The van der Waals surface area contributed by atoms with Crippen molar-refractivity contribution < 1.29 is 18.0 Å². The summed E-state index contributed by atoms with van der Waals surface area (Å²) in [7, 11) is 0. The lowest BCUT2D eigenvalue weighted by Crippen LogP contribution is -2.23. The maximum absolute atomic E-state index is 13.3. The van der Waals surface area contributed by atoms with Gasteiger partial charge in [-0.1, -0.05) is 55.1 Å². The van der Waals surface area contributed by atoms with Gasteiger partial charge in [0, 0.05) is 23.4 Å². The number of anilines is 2. The zero-order valence-electron chi connectivity index (χ0n) is 17.8. The van der Waals surface area contributed by atoms with Crippen molar-refractivity contribution in [2.24, 2.45) is 0 Å². The molecular weight excluding hydrogens is 469 g/mol. The predicted octanol–water partition coefficient (Wildman–Crippen LogP) is 6.64. The summed E-state index contributed by atoms with van der Waals surface area (Å²) in [5.74, 6) is -1.03. The minimum absolute atomic E-state index is 0.166. The summed E-state index contributed by atoms with van der Waals surface area (Å²) in [6.07, 6.45) is -3.88. The number of benzene rings is 2. The molecule has 0 radical (unpaired) electrons. The highest BCUT2D eigenvalue weighted by molar-refractivity contribution is 7.98. The number of hydrogen-bond acceptors (Lipinski definition) is 6. The first kappa shape index (κ1) is 23.2. The first-order valence-corrected chi connectivity index (χ1v) is 11.9. The van der Waals surface area contributed by atoms with Crippen molar-refractivity contribution >= 4 is 50.7 Å². The summed E-state index contributed by atoms with van der Waals surface area (Å²) >= 11 is 2.47. The van der Waals surface area contributed by atoms with Crippen molar-refractivity contribution in [3.05, 3.63) is 71.0 Å². The van der Waals surface area contributed by atoms with Crippen molar-refractivity contribution in [3.63, 3.8) is 0 Å². The van der Waals surface area contributed by atoms with Gasteiger partial charge in [0.25, 0.3) is 0 Å². The topological polar surface area (TPSA) is 59.0 Å². The van der Waals surface area contributed by atoms with Crippen molar-refractivity contribution in [1.82, 2.24) is 15.0 Å². The van der Waals surface area contributed by atoms with Crippen molar-refractivity contribution in [2.75, 3.05) is 4.90 Å². The number of alkyl halides is 3. The maximum atomic E-state index is 13.3. The molecule has 0 fully saturated rings. The summed E-state index contributed by atoms with van der Waals surface area (Å²) in [4.78, 5) is 26.0. The third-order valence-corrected chi connectivity index (χ3v) is 6.74. The quantitative estimate of drug-likeness (QED) is 0.225. The van der Waals surface area contributed by atoms with Gasteiger partial charge in [-0.2, -0.15) is 13.2 Å². The van der Waals surface area contributed by atoms with Gasteiger partial charge in [0.2, 0.25) is 11.7 Å². The number of halogens is 3. The number of hydrogen-bond donors (Lipinski definition) is 0. The molecule has 0 aliphatic rings. The highest BCUT2D eigenvalue weighted by atomic mass is 32.2. The van der Waals surface area contributed by atoms with Crippen LogP contribution >= 0.6 is 23.1 Å². The molecule has 33 heavy (non-hydrogen) atoms. The molecule has 0 aliphatic carbocycles. The molecule has 0 bridgehead atoms. The molecule has 170 valence electrons. The van der Waals surface area contributed by atoms with E-state index in [1.165, 1.54) is 24.3 Å². The molecule has 2 aromatic carbocycles. The zero-order chi connectivity index (χ0) is 23.6. The Morgan fingerprint density at radius 1 is 1.06 bits per heavy atom. The van der Waals surface area contributed by atoms with E-state index in [1.54, 1.807) is 28.5 Å². The molecule has 0 spiro atoms. The average Bonchev–Trinajstić information content (AvgIpc) is 3.25. The number of aryl methyl sites for hydroxylation is 1. The summed E-state index contributed by atoms with van der Waals surface area (Å²) in [5, 5.41) is 3.11. The van der Waals surface area contributed by atoms with Crippen LogP contribution in [-0.4, -0.2) is 20.9 Å². The zero-order valence-corrected chi connectivity index (χ0v) is 19.4. The second-order valence-electron chi connectivity index (χ2n) is 7.11. The molecule has 1 amide bonds. The van der Waals surface area contributed by atoms with Crippen LogP contribution in [0.25, 0.3) is 10.9 Å². The van der Waals surface area contributed by atoms with E-state index in [0.29, 0.717) is 22.0 Å². The van der Waals surface area contributed by atoms with Crippen LogP contribution in [0.5, 0.6) is 0 Å². The largest absolute Gasteiger partial charge is 0.451 e. The van der Waals surface area contributed by atoms with Gasteiger partial charge in [0.15, 0.2) is 5.13 Å². The van der Waals surface area contributed by atoms with E-state index in [1.807, 2.05) is 31.2 Å². The molecule has 10 heteroatoms. The molecular formula is C23H19F3N4OS2. The molecule has 0 atom stereocenters. The molecule has 4 rings (SSSR count). The van der Waals surface area contributed by atoms with Crippen LogP contribution in [0.2, 0.25) is 0 Å². The number of thiazole rings is 1. The van der Waals surface area contributed by atoms with Gasteiger partial charge >= 0.3 is 6.18 Å². The van der Waals surface area contributed by atoms with Gasteiger partial charge in [0.1, 0.15) is 5.03 Å². The van der Waals surface area contributed by atoms with E-state index in [4.69, 9.17) is 0 Å². The van der Waals surface area contributed by atoms with Crippen molar-refractivity contribution in [1.29, 1.82) is 0 Å². The highest BCUT2D eigenvalue weighted by Gasteiger charge is 2.35. The normalized spacial score (nSPS) is 11.7. The standard InChI is InChI=1S/C23H19F3N4OS2/c1-3-15-8-4-7-11-19(15)30(14(2)31)22-27-16(13-33-22)12-32-20-17-9-5-6-10-18(17)28-21(29-20)23(24,25)26/h4-11,13H,3,12H2,1-2H3. The fourth-order valence-corrected chi connectivity index (χ4v) is 5.22. The van der Waals surface area contributed by atoms with Crippen LogP contribution in [0.1, 0.15) is 30.9 Å². The molecule has 0 saturated heterocycles.